The van der Waals surface area contributed by atoms with Crippen molar-refractivity contribution in [1.29, 1.82) is 0 Å². The smallest absolute Gasteiger partial charge is 0.387 e. The highest BCUT2D eigenvalue weighted by Crippen LogP contribution is 2.57. The van der Waals surface area contributed by atoms with Crippen molar-refractivity contribution in [2.24, 2.45) is 0 Å². The highest BCUT2D eigenvalue weighted by atomic mass is 31.3. The zero-order valence-corrected chi connectivity index (χ0v) is 14.0. The number of nitrogens with zero attached hydrogens (tertiary/aromatic N) is 2. The summed E-state index contributed by atoms with van der Waals surface area (Å²) in [5.41, 5.74) is 4.45. The molecule has 0 saturated carbocycles. The SMILES string of the molecule is Nc1ccn([C@@H]2O[C@H](COP(=O)(O)OP(=O)(O)O)C(O)[C@H]2O)c(=O)n1. The fraction of sp³-hybridized carbons (Fsp3) is 0.556. The van der Waals surface area contributed by atoms with Gasteiger partial charge in [0.1, 0.15) is 24.1 Å². The number of aliphatic hydroxyl groups is 2. The second kappa shape index (κ2) is 7.21. The summed E-state index contributed by atoms with van der Waals surface area (Å²) in [4.78, 5) is 41.3. The van der Waals surface area contributed by atoms with Crippen molar-refractivity contribution in [3.63, 3.8) is 0 Å². The van der Waals surface area contributed by atoms with Gasteiger partial charge in [0.05, 0.1) is 6.61 Å². The lowest BCUT2D eigenvalue weighted by atomic mass is 10.1. The number of hydrogen-bond acceptors (Lipinski definition) is 10. The fourth-order valence-corrected chi connectivity index (χ4v) is 3.64. The van der Waals surface area contributed by atoms with E-state index in [9.17, 15) is 24.1 Å². The van der Waals surface area contributed by atoms with E-state index in [-0.39, 0.29) is 5.82 Å². The Hall–Kier alpha value is -1.18. The van der Waals surface area contributed by atoms with E-state index < -0.39 is 52.5 Å². The summed E-state index contributed by atoms with van der Waals surface area (Å²) in [5.74, 6) is -0.0787. The lowest BCUT2D eigenvalue weighted by molar-refractivity contribution is -0.0541. The molecule has 5 atom stereocenters. The zero-order valence-electron chi connectivity index (χ0n) is 12.2. The highest BCUT2D eigenvalue weighted by molar-refractivity contribution is 7.60. The molecular formula is C9H15N3O11P2. The molecule has 1 aliphatic rings. The van der Waals surface area contributed by atoms with E-state index in [0.717, 1.165) is 10.8 Å². The van der Waals surface area contributed by atoms with Gasteiger partial charge in [-0.3, -0.25) is 9.09 Å². The minimum atomic E-state index is -5.30. The lowest BCUT2D eigenvalue weighted by Gasteiger charge is -2.17. The van der Waals surface area contributed by atoms with Gasteiger partial charge in [-0.15, -0.1) is 0 Å². The number of phosphoric acid groups is 2. The van der Waals surface area contributed by atoms with Crippen molar-refractivity contribution in [3.8, 4) is 0 Å². The summed E-state index contributed by atoms with van der Waals surface area (Å²) in [6.45, 7) is -0.875. The van der Waals surface area contributed by atoms with Crippen LogP contribution in [0.15, 0.2) is 17.1 Å². The first-order chi connectivity index (χ1) is 11.4. The first-order valence-corrected chi connectivity index (χ1v) is 9.53. The van der Waals surface area contributed by atoms with E-state index >= 15 is 0 Å². The Balaban J connectivity index is 2.08. The van der Waals surface area contributed by atoms with E-state index in [2.05, 4.69) is 13.8 Å². The monoisotopic (exact) mass is 403 g/mol. The minimum absolute atomic E-state index is 0.0787. The summed E-state index contributed by atoms with van der Waals surface area (Å²) in [7, 11) is -10.5. The van der Waals surface area contributed by atoms with Crippen molar-refractivity contribution in [1.82, 2.24) is 9.55 Å². The average Bonchev–Trinajstić information content (AvgIpc) is 2.71. The van der Waals surface area contributed by atoms with Gasteiger partial charge in [-0.05, 0) is 6.07 Å². The molecule has 0 radical (unpaired) electrons. The molecule has 0 aromatic carbocycles. The quantitative estimate of drug-likeness (QED) is 0.274. The molecule has 0 amide bonds. The Morgan fingerprint density at radius 3 is 2.48 bits per heavy atom. The van der Waals surface area contributed by atoms with Crippen LogP contribution in [0.3, 0.4) is 0 Å². The van der Waals surface area contributed by atoms with E-state index in [0.29, 0.717) is 0 Å². The van der Waals surface area contributed by atoms with Crippen LogP contribution in [0.2, 0.25) is 0 Å². The molecule has 2 rings (SSSR count). The molecule has 1 aromatic rings. The van der Waals surface area contributed by atoms with Crippen molar-refractivity contribution in [2.45, 2.75) is 24.5 Å². The molecule has 1 saturated heterocycles. The van der Waals surface area contributed by atoms with Gasteiger partial charge in [0, 0.05) is 6.20 Å². The fourth-order valence-electron chi connectivity index (χ4n) is 2.04. The number of rotatable bonds is 6. The third kappa shape index (κ3) is 5.15. The van der Waals surface area contributed by atoms with Crippen LogP contribution in [-0.4, -0.2) is 59.4 Å². The summed E-state index contributed by atoms with van der Waals surface area (Å²) in [6, 6.07) is 1.24. The third-order valence-corrected chi connectivity index (χ3v) is 5.23. The number of nitrogen functional groups attached to an aromatic ring is 1. The summed E-state index contributed by atoms with van der Waals surface area (Å²) >= 11 is 0. The molecule has 7 N–H and O–H groups in total. The van der Waals surface area contributed by atoms with Gasteiger partial charge < -0.3 is 35.4 Å². The largest absolute Gasteiger partial charge is 0.481 e. The summed E-state index contributed by atoms with van der Waals surface area (Å²) < 4.78 is 35.8. The number of phosphoric ester groups is 1. The zero-order chi connectivity index (χ0) is 19.0. The topological polar surface area (TPSA) is 224 Å². The molecule has 2 heterocycles. The number of anilines is 1. The normalized spacial score (nSPS) is 29.5. The summed E-state index contributed by atoms with van der Waals surface area (Å²) in [5, 5.41) is 19.8. The number of nitrogens with two attached hydrogens (primary N) is 1. The molecule has 2 unspecified atom stereocenters. The lowest BCUT2D eigenvalue weighted by Crippen LogP contribution is -2.36. The molecule has 1 aromatic heterocycles. The van der Waals surface area contributed by atoms with Gasteiger partial charge in [0.25, 0.3) is 0 Å². The van der Waals surface area contributed by atoms with Crippen molar-refractivity contribution in [2.75, 3.05) is 12.3 Å². The molecule has 1 aliphatic heterocycles. The van der Waals surface area contributed by atoms with Gasteiger partial charge in [0.2, 0.25) is 0 Å². The maximum Gasteiger partial charge on any atom is 0.481 e. The molecule has 14 nitrogen and oxygen atoms in total. The Morgan fingerprint density at radius 2 is 1.92 bits per heavy atom. The molecular weight excluding hydrogens is 388 g/mol. The van der Waals surface area contributed by atoms with Crippen molar-refractivity contribution < 1.29 is 47.6 Å². The van der Waals surface area contributed by atoms with Gasteiger partial charge in [-0.25, -0.2) is 13.9 Å². The van der Waals surface area contributed by atoms with E-state index in [4.69, 9.17) is 25.2 Å². The Labute approximate surface area is 139 Å². The minimum Gasteiger partial charge on any atom is -0.387 e. The van der Waals surface area contributed by atoms with Crippen LogP contribution in [0.1, 0.15) is 6.23 Å². The van der Waals surface area contributed by atoms with Crippen LogP contribution in [0.25, 0.3) is 0 Å². The van der Waals surface area contributed by atoms with Crippen LogP contribution < -0.4 is 11.4 Å². The first kappa shape index (κ1) is 20.1. The molecule has 0 bridgehead atoms. The second-order valence-corrected chi connectivity index (χ2v) is 7.75. The Morgan fingerprint density at radius 1 is 1.28 bits per heavy atom. The predicted octanol–water partition coefficient (Wildman–Crippen LogP) is -2.33. The molecule has 0 aliphatic carbocycles. The highest BCUT2D eigenvalue weighted by Gasteiger charge is 2.45. The number of aliphatic hydroxyl groups excluding tert-OH is 2. The van der Waals surface area contributed by atoms with Crippen LogP contribution in [-0.2, 0) is 22.7 Å². The van der Waals surface area contributed by atoms with Crippen LogP contribution in [0.5, 0.6) is 0 Å². The van der Waals surface area contributed by atoms with Crippen LogP contribution in [0.4, 0.5) is 5.82 Å². The molecule has 16 heteroatoms. The van der Waals surface area contributed by atoms with Gasteiger partial charge in [-0.1, -0.05) is 0 Å². The average molecular weight is 403 g/mol. The molecule has 142 valence electrons. The number of hydrogen-bond donors (Lipinski definition) is 6. The molecule has 0 spiro atoms. The number of ether oxygens (including phenoxy) is 1. The maximum atomic E-state index is 11.7. The van der Waals surface area contributed by atoms with Crippen molar-refractivity contribution >= 4 is 21.5 Å². The summed E-state index contributed by atoms with van der Waals surface area (Å²) in [6.07, 6.45) is -4.93. The number of aromatic nitrogens is 2. The predicted molar refractivity (Wildman–Crippen MR) is 77.7 cm³/mol. The standard InChI is InChI=1S/C9H15N3O11P2/c10-5-1-2-12(9(15)11-5)8-7(14)6(13)4(22-8)3-21-25(19,20)23-24(16,17)18/h1-2,4,6-8,13-14H,3H2,(H,19,20)(H2,10,11,15)(H2,16,17,18)/t4-,6?,7-,8-/m1/s1. The maximum absolute atomic E-state index is 11.7. The van der Waals surface area contributed by atoms with Crippen LogP contribution in [0, 0.1) is 0 Å². The van der Waals surface area contributed by atoms with Crippen molar-refractivity contribution in [3.05, 3.63) is 22.7 Å². The van der Waals surface area contributed by atoms with Gasteiger partial charge >= 0.3 is 21.3 Å². The first-order valence-electron chi connectivity index (χ1n) is 6.50. The molecule has 25 heavy (non-hydrogen) atoms. The molecule has 1 fully saturated rings. The third-order valence-electron chi connectivity index (χ3n) is 3.07. The van der Waals surface area contributed by atoms with E-state index in [1.165, 1.54) is 6.07 Å². The second-order valence-electron chi connectivity index (χ2n) is 4.93. The Kier molecular flexibility index (Phi) is 5.81. The van der Waals surface area contributed by atoms with Crippen LogP contribution >= 0.6 is 15.6 Å². The Bertz CT molecular complexity index is 778. The van der Waals surface area contributed by atoms with Gasteiger partial charge in [-0.2, -0.15) is 9.29 Å². The van der Waals surface area contributed by atoms with E-state index in [1.807, 2.05) is 0 Å². The van der Waals surface area contributed by atoms with Gasteiger partial charge in [0.15, 0.2) is 6.23 Å². The van der Waals surface area contributed by atoms with E-state index in [1.54, 1.807) is 0 Å².